The maximum Gasteiger partial charge on any atom is 0.161 e. The Labute approximate surface area is 121 Å². The third-order valence-electron chi connectivity index (χ3n) is 3.10. The van der Waals surface area contributed by atoms with Crippen molar-refractivity contribution in [2.24, 2.45) is 11.1 Å². The van der Waals surface area contributed by atoms with Crippen LogP contribution in [0.5, 0.6) is 0 Å². The van der Waals surface area contributed by atoms with Crippen molar-refractivity contribution >= 4 is 26.8 Å². The minimum absolute atomic E-state index is 0.0792. The molecule has 2 aromatic rings. The van der Waals surface area contributed by atoms with Gasteiger partial charge in [-0.3, -0.25) is 0 Å². The highest BCUT2D eigenvalue weighted by molar-refractivity contribution is 9.10. The van der Waals surface area contributed by atoms with Crippen molar-refractivity contribution in [2.45, 2.75) is 40.3 Å². The Balaban J connectivity index is 2.72. The number of rotatable bonds is 2. The van der Waals surface area contributed by atoms with Gasteiger partial charge < -0.3 is 10.3 Å². The van der Waals surface area contributed by atoms with E-state index in [0.29, 0.717) is 9.99 Å². The first-order valence-corrected chi connectivity index (χ1v) is 7.22. The number of benzene rings is 1. The van der Waals surface area contributed by atoms with E-state index in [1.807, 2.05) is 23.8 Å². The summed E-state index contributed by atoms with van der Waals surface area (Å²) in [4.78, 5) is 0. The van der Waals surface area contributed by atoms with E-state index in [1.165, 1.54) is 0 Å². The summed E-state index contributed by atoms with van der Waals surface area (Å²) in [5.41, 5.74) is 7.70. The molecule has 0 aliphatic rings. The summed E-state index contributed by atoms with van der Waals surface area (Å²) in [6, 6.07) is 3.56. The Morgan fingerprint density at radius 2 is 2.00 bits per heavy atom. The van der Waals surface area contributed by atoms with E-state index >= 15 is 0 Å². The fourth-order valence-electron chi connectivity index (χ4n) is 2.35. The molecule has 19 heavy (non-hydrogen) atoms. The summed E-state index contributed by atoms with van der Waals surface area (Å²) in [6.45, 7) is 9.10. The lowest BCUT2D eigenvalue weighted by Gasteiger charge is -2.20. The standard InChI is InChI=1S/C15H20BrFN2/c1-9(18)11-7-19(8-15(2,3)4)14-10(11)5-6-12(16)13(14)17/h5-7,9H,8,18H2,1-4H3/t9-/m1/s1. The van der Waals surface area contributed by atoms with Gasteiger partial charge in [0.1, 0.15) is 0 Å². The molecule has 0 spiro atoms. The van der Waals surface area contributed by atoms with Gasteiger partial charge in [0.15, 0.2) is 5.82 Å². The molecule has 0 radical (unpaired) electrons. The van der Waals surface area contributed by atoms with Crippen LogP contribution in [-0.2, 0) is 6.54 Å². The van der Waals surface area contributed by atoms with Gasteiger partial charge in [-0.1, -0.05) is 26.8 Å². The largest absolute Gasteiger partial charge is 0.344 e. The van der Waals surface area contributed by atoms with Gasteiger partial charge in [0.25, 0.3) is 0 Å². The summed E-state index contributed by atoms with van der Waals surface area (Å²) in [7, 11) is 0. The van der Waals surface area contributed by atoms with Gasteiger partial charge in [-0.2, -0.15) is 0 Å². The third-order valence-corrected chi connectivity index (χ3v) is 3.71. The Kier molecular flexibility index (Phi) is 3.76. The molecule has 1 heterocycles. The first-order valence-electron chi connectivity index (χ1n) is 6.43. The van der Waals surface area contributed by atoms with Crippen LogP contribution < -0.4 is 5.73 Å². The smallest absolute Gasteiger partial charge is 0.161 e. The molecule has 1 aromatic carbocycles. The van der Waals surface area contributed by atoms with Crippen LogP contribution in [-0.4, -0.2) is 4.57 Å². The Morgan fingerprint density at radius 1 is 1.37 bits per heavy atom. The molecule has 0 aliphatic heterocycles. The number of nitrogens with zero attached hydrogens (tertiary/aromatic N) is 1. The lowest BCUT2D eigenvalue weighted by atomic mass is 9.97. The second-order valence-corrected chi connectivity index (χ2v) is 7.17. The average Bonchev–Trinajstić information content (AvgIpc) is 2.61. The number of hydrogen-bond acceptors (Lipinski definition) is 1. The highest BCUT2D eigenvalue weighted by atomic mass is 79.9. The number of halogens is 2. The molecule has 104 valence electrons. The van der Waals surface area contributed by atoms with E-state index in [9.17, 15) is 4.39 Å². The first kappa shape index (κ1) is 14.5. The van der Waals surface area contributed by atoms with Gasteiger partial charge in [0, 0.05) is 24.2 Å². The molecular formula is C15H20BrFN2. The van der Waals surface area contributed by atoms with Gasteiger partial charge in [-0.25, -0.2) is 4.39 Å². The first-order chi connectivity index (χ1) is 8.70. The number of fused-ring (bicyclic) bond motifs is 1. The topological polar surface area (TPSA) is 30.9 Å². The fraction of sp³-hybridized carbons (Fsp3) is 0.467. The zero-order valence-corrected chi connectivity index (χ0v) is 13.4. The van der Waals surface area contributed by atoms with Crippen molar-refractivity contribution in [3.05, 3.63) is 34.2 Å². The predicted molar refractivity (Wildman–Crippen MR) is 81.7 cm³/mol. The quantitative estimate of drug-likeness (QED) is 0.858. The molecule has 4 heteroatoms. The monoisotopic (exact) mass is 326 g/mol. The second-order valence-electron chi connectivity index (χ2n) is 6.32. The zero-order chi connectivity index (χ0) is 14.4. The van der Waals surface area contributed by atoms with Crippen LogP contribution >= 0.6 is 15.9 Å². The minimum Gasteiger partial charge on any atom is -0.344 e. The van der Waals surface area contributed by atoms with Crippen LogP contribution in [0.1, 0.15) is 39.3 Å². The highest BCUT2D eigenvalue weighted by Gasteiger charge is 2.20. The molecule has 0 unspecified atom stereocenters. The summed E-state index contributed by atoms with van der Waals surface area (Å²) < 4.78 is 16.9. The van der Waals surface area contributed by atoms with Gasteiger partial charge in [-0.05, 0) is 39.9 Å². The fourth-order valence-corrected chi connectivity index (χ4v) is 2.67. The van der Waals surface area contributed by atoms with Gasteiger partial charge in [-0.15, -0.1) is 0 Å². The van der Waals surface area contributed by atoms with E-state index in [0.717, 1.165) is 17.5 Å². The highest BCUT2D eigenvalue weighted by Crippen LogP contribution is 2.33. The maximum absolute atomic E-state index is 14.4. The third kappa shape index (κ3) is 2.84. The summed E-state index contributed by atoms with van der Waals surface area (Å²) in [5.74, 6) is -0.214. The van der Waals surface area contributed by atoms with E-state index in [1.54, 1.807) is 6.07 Å². The molecule has 2 nitrogen and oxygen atoms in total. The predicted octanol–water partition coefficient (Wildman–Crippen LogP) is 4.61. The Morgan fingerprint density at radius 3 is 2.53 bits per heavy atom. The Bertz CT molecular complexity index is 609. The van der Waals surface area contributed by atoms with E-state index in [4.69, 9.17) is 5.73 Å². The van der Waals surface area contributed by atoms with Crippen molar-refractivity contribution < 1.29 is 4.39 Å². The molecule has 0 saturated heterocycles. The lowest BCUT2D eigenvalue weighted by molar-refractivity contribution is 0.347. The molecule has 1 atom stereocenters. The molecule has 0 bridgehead atoms. The molecule has 0 saturated carbocycles. The van der Waals surface area contributed by atoms with Gasteiger partial charge in [0.2, 0.25) is 0 Å². The van der Waals surface area contributed by atoms with Crippen LogP contribution in [0.25, 0.3) is 10.9 Å². The summed E-state index contributed by atoms with van der Waals surface area (Å²) in [5, 5.41) is 0.903. The van der Waals surface area contributed by atoms with E-state index in [-0.39, 0.29) is 17.3 Å². The molecule has 1 aromatic heterocycles. The average molecular weight is 327 g/mol. The summed E-state index contributed by atoms with van der Waals surface area (Å²) >= 11 is 3.26. The Hall–Kier alpha value is -0.870. The zero-order valence-electron chi connectivity index (χ0n) is 11.8. The van der Waals surface area contributed by atoms with Crippen LogP contribution in [0.4, 0.5) is 4.39 Å². The van der Waals surface area contributed by atoms with Gasteiger partial charge >= 0.3 is 0 Å². The van der Waals surface area contributed by atoms with Gasteiger partial charge in [0.05, 0.1) is 9.99 Å². The van der Waals surface area contributed by atoms with Crippen molar-refractivity contribution in [2.75, 3.05) is 0 Å². The SMILES string of the molecule is C[C@@H](N)c1cn(CC(C)(C)C)c2c(F)c(Br)ccc12. The van der Waals surface area contributed by atoms with Crippen molar-refractivity contribution in [3.63, 3.8) is 0 Å². The molecule has 0 fully saturated rings. The normalized spacial score (nSPS) is 14.1. The molecule has 0 amide bonds. The lowest BCUT2D eigenvalue weighted by Crippen LogP contribution is -2.15. The second kappa shape index (κ2) is 4.91. The molecular weight excluding hydrogens is 307 g/mol. The van der Waals surface area contributed by atoms with Crippen molar-refractivity contribution in [3.8, 4) is 0 Å². The van der Waals surface area contributed by atoms with E-state index < -0.39 is 0 Å². The van der Waals surface area contributed by atoms with Crippen LogP contribution in [0.15, 0.2) is 22.8 Å². The summed E-state index contributed by atoms with van der Waals surface area (Å²) in [6.07, 6.45) is 1.98. The van der Waals surface area contributed by atoms with Crippen LogP contribution in [0.3, 0.4) is 0 Å². The van der Waals surface area contributed by atoms with Crippen LogP contribution in [0, 0.1) is 11.2 Å². The number of aromatic nitrogens is 1. The molecule has 0 aliphatic carbocycles. The van der Waals surface area contributed by atoms with Crippen molar-refractivity contribution in [1.29, 1.82) is 0 Å². The molecule has 2 rings (SSSR count). The molecule has 2 N–H and O–H groups in total. The maximum atomic E-state index is 14.4. The van der Waals surface area contributed by atoms with E-state index in [2.05, 4.69) is 36.7 Å². The van der Waals surface area contributed by atoms with Crippen LogP contribution in [0.2, 0.25) is 0 Å². The number of nitrogens with two attached hydrogens (primary N) is 1. The minimum atomic E-state index is -0.214. The number of hydrogen-bond donors (Lipinski definition) is 1. The van der Waals surface area contributed by atoms with Crippen molar-refractivity contribution in [1.82, 2.24) is 4.57 Å².